The first kappa shape index (κ1) is 20.6. The van der Waals surface area contributed by atoms with E-state index in [4.69, 9.17) is 11.6 Å². The van der Waals surface area contributed by atoms with Crippen LogP contribution in [-0.2, 0) is 15.5 Å². The topological polar surface area (TPSA) is 72.2 Å². The average molecular weight is 419 g/mol. The predicted molar refractivity (Wildman–Crippen MR) is 113 cm³/mol. The van der Waals surface area contributed by atoms with E-state index in [1.807, 2.05) is 60.8 Å². The highest BCUT2D eigenvalue weighted by Gasteiger charge is 2.44. The summed E-state index contributed by atoms with van der Waals surface area (Å²) in [4.78, 5) is 0. The van der Waals surface area contributed by atoms with Crippen LogP contribution in [0.5, 0.6) is 0 Å². The van der Waals surface area contributed by atoms with Gasteiger partial charge >= 0.3 is 0 Å². The van der Waals surface area contributed by atoms with Crippen molar-refractivity contribution in [3.8, 4) is 0 Å². The molecule has 1 N–H and O–H groups in total. The summed E-state index contributed by atoms with van der Waals surface area (Å²) in [5.74, 6) is -0.383. The fourth-order valence-electron chi connectivity index (χ4n) is 3.54. The number of rotatable bonds is 7. The lowest BCUT2D eigenvalue weighted by atomic mass is 9.81. The Morgan fingerprint density at radius 1 is 1.18 bits per heavy atom. The molecule has 1 aliphatic heterocycles. The standard InChI is InChI=1S/C21H23ClN2O3S/c1-21(2)18-15-16(22)9-10-19(18)24(13-6-14-28(25,26)27)20(21)11-12-23-17-7-4-3-5-8-17/h3-5,7-12,15H,6,13-14H2,1-2H3,(H,25,26,27). The van der Waals surface area contributed by atoms with Crippen molar-refractivity contribution >= 4 is 38.8 Å². The Bertz CT molecular complexity index is 1030. The molecule has 0 aliphatic carbocycles. The molecule has 0 amide bonds. The van der Waals surface area contributed by atoms with Crippen molar-refractivity contribution in [1.29, 1.82) is 0 Å². The van der Waals surface area contributed by atoms with E-state index in [-0.39, 0.29) is 17.6 Å². The van der Waals surface area contributed by atoms with E-state index in [9.17, 15) is 13.0 Å². The molecule has 2 aromatic carbocycles. The van der Waals surface area contributed by atoms with E-state index in [2.05, 4.69) is 23.7 Å². The minimum atomic E-state index is -4.24. The highest BCUT2D eigenvalue weighted by Crippen LogP contribution is 2.41. The van der Waals surface area contributed by atoms with Gasteiger partial charge in [-0.05, 0) is 38.1 Å². The van der Waals surface area contributed by atoms with Crippen LogP contribution in [0.2, 0.25) is 5.02 Å². The quantitative estimate of drug-likeness (QED) is 0.538. The molecule has 7 heteroatoms. The molecule has 0 radical (unpaired) electrons. The Morgan fingerprint density at radius 3 is 2.57 bits per heavy atom. The molecule has 1 aliphatic rings. The fourth-order valence-corrected chi connectivity index (χ4v) is 4.19. The zero-order chi connectivity index (χ0) is 20.4. The summed E-state index contributed by atoms with van der Waals surface area (Å²) in [5, 5.41) is 3.90. The predicted octanol–water partition coefficient (Wildman–Crippen LogP) is 4.28. The zero-order valence-corrected chi connectivity index (χ0v) is 17.4. The monoisotopic (exact) mass is 418 g/mol. The van der Waals surface area contributed by atoms with Gasteiger partial charge in [0.15, 0.2) is 5.71 Å². The molecule has 0 saturated carbocycles. The number of fused-ring (bicyclic) bond motifs is 1. The zero-order valence-electron chi connectivity index (χ0n) is 15.9. The summed E-state index contributed by atoms with van der Waals surface area (Å²) in [6, 6.07) is 15.5. The van der Waals surface area contributed by atoms with Crippen LogP contribution in [0.4, 0.5) is 11.4 Å². The summed E-state index contributed by atoms with van der Waals surface area (Å²) in [6.45, 7) is 4.65. The first-order chi connectivity index (χ1) is 13.2. The molecular weight excluding hydrogens is 396 g/mol. The van der Waals surface area contributed by atoms with Crippen molar-refractivity contribution in [1.82, 2.24) is 0 Å². The maximum absolute atomic E-state index is 11.0. The van der Waals surface area contributed by atoms with E-state index in [1.54, 1.807) is 0 Å². The largest absolute Gasteiger partial charge is 0.748 e. The molecule has 0 aromatic heterocycles. The van der Waals surface area contributed by atoms with Gasteiger partial charge in [-0.2, -0.15) is 4.58 Å². The molecule has 0 spiro atoms. The van der Waals surface area contributed by atoms with E-state index in [0.717, 1.165) is 22.6 Å². The number of allylic oxidation sites excluding steroid dienone is 1. The van der Waals surface area contributed by atoms with Crippen LogP contribution in [-0.4, -0.2) is 35.6 Å². The smallest absolute Gasteiger partial charge is 0.209 e. The molecule has 3 rings (SSSR count). The van der Waals surface area contributed by atoms with Gasteiger partial charge in [0.05, 0.1) is 15.5 Å². The second-order valence-electron chi connectivity index (χ2n) is 7.28. The Balaban J connectivity index is 1.93. The van der Waals surface area contributed by atoms with Gasteiger partial charge in [-0.25, -0.2) is 8.42 Å². The van der Waals surface area contributed by atoms with Crippen molar-refractivity contribution in [3.05, 3.63) is 71.4 Å². The number of anilines is 1. The third-order valence-electron chi connectivity index (χ3n) is 4.89. The maximum Gasteiger partial charge on any atom is 0.209 e. The lowest BCUT2D eigenvalue weighted by Gasteiger charge is -2.15. The Morgan fingerprint density at radius 2 is 1.89 bits per heavy atom. The van der Waals surface area contributed by atoms with E-state index in [1.165, 1.54) is 0 Å². The minimum absolute atomic E-state index is 0.257. The van der Waals surface area contributed by atoms with Crippen LogP contribution in [0.3, 0.4) is 0 Å². The van der Waals surface area contributed by atoms with Crippen LogP contribution in [0.15, 0.2) is 60.8 Å². The number of benzene rings is 2. The Kier molecular flexibility index (Phi) is 5.93. The second kappa shape index (κ2) is 8.07. The summed E-state index contributed by atoms with van der Waals surface area (Å²) in [7, 11) is -4.24. The maximum atomic E-state index is 11.0. The van der Waals surface area contributed by atoms with Gasteiger partial charge in [0.25, 0.3) is 0 Å². The van der Waals surface area contributed by atoms with Gasteiger partial charge in [-0.3, -0.25) is 0 Å². The van der Waals surface area contributed by atoms with Gasteiger partial charge in [0.2, 0.25) is 5.69 Å². The molecule has 0 bridgehead atoms. The third kappa shape index (κ3) is 4.63. The number of hydrogen-bond donors (Lipinski definition) is 1. The molecule has 148 valence electrons. The summed E-state index contributed by atoms with van der Waals surface area (Å²) in [6.07, 6.45) is 4.12. The summed E-state index contributed by atoms with van der Waals surface area (Å²) < 4.78 is 35.1. The number of para-hydroxylation sites is 1. The second-order valence-corrected chi connectivity index (χ2v) is 9.24. The van der Waals surface area contributed by atoms with Gasteiger partial charge in [0, 0.05) is 46.8 Å². The van der Waals surface area contributed by atoms with E-state index in [0.29, 0.717) is 11.6 Å². The third-order valence-corrected chi connectivity index (χ3v) is 5.92. The molecular formula is C21H23ClN2O3S. The minimum Gasteiger partial charge on any atom is -0.748 e. The van der Waals surface area contributed by atoms with Crippen LogP contribution in [0.25, 0.3) is 0 Å². The van der Waals surface area contributed by atoms with Crippen LogP contribution in [0, 0.1) is 0 Å². The van der Waals surface area contributed by atoms with Crippen molar-refractivity contribution in [2.75, 3.05) is 17.6 Å². The molecule has 1 heterocycles. The van der Waals surface area contributed by atoms with Crippen LogP contribution >= 0.6 is 11.6 Å². The van der Waals surface area contributed by atoms with Gasteiger partial charge in [-0.15, -0.1) is 0 Å². The molecule has 2 aromatic rings. The lowest BCUT2D eigenvalue weighted by molar-refractivity contribution is -0.437. The first-order valence-corrected chi connectivity index (χ1v) is 11.0. The van der Waals surface area contributed by atoms with Gasteiger partial charge < -0.3 is 9.87 Å². The highest BCUT2D eigenvalue weighted by atomic mass is 35.5. The van der Waals surface area contributed by atoms with Crippen molar-refractivity contribution < 1.29 is 17.5 Å². The number of nitrogens with one attached hydrogen (secondary N) is 1. The average Bonchev–Trinajstić information content (AvgIpc) is 2.82. The number of hydrogen-bond acceptors (Lipinski definition) is 4. The first-order valence-electron chi connectivity index (χ1n) is 9.05. The molecule has 28 heavy (non-hydrogen) atoms. The van der Waals surface area contributed by atoms with Crippen LogP contribution < -0.4 is 5.32 Å². The van der Waals surface area contributed by atoms with Gasteiger partial charge in [-0.1, -0.05) is 29.8 Å². The molecule has 0 unspecified atom stereocenters. The van der Waals surface area contributed by atoms with Gasteiger partial charge in [0.1, 0.15) is 6.54 Å². The molecule has 0 fully saturated rings. The normalized spacial score (nSPS) is 15.9. The molecule has 0 atom stereocenters. The van der Waals surface area contributed by atoms with E-state index >= 15 is 0 Å². The lowest BCUT2D eigenvalue weighted by Crippen LogP contribution is -2.28. The summed E-state index contributed by atoms with van der Waals surface area (Å²) in [5.41, 5.74) is 3.73. The highest BCUT2D eigenvalue weighted by molar-refractivity contribution is 7.85. The molecule has 0 saturated heterocycles. The Hall–Kier alpha value is -2.15. The molecule has 5 nitrogen and oxygen atoms in total. The van der Waals surface area contributed by atoms with Crippen LogP contribution in [0.1, 0.15) is 25.8 Å². The number of halogens is 1. The SMILES string of the molecule is CC1(C)C(/C=C/Nc2ccccc2)=[N+](CCCS(=O)(=O)[O-])c2ccc(Cl)cc21. The van der Waals surface area contributed by atoms with Crippen molar-refractivity contribution in [3.63, 3.8) is 0 Å². The number of nitrogens with zero attached hydrogens (tertiary/aromatic N) is 1. The van der Waals surface area contributed by atoms with E-state index < -0.39 is 10.1 Å². The van der Waals surface area contributed by atoms with Crippen molar-refractivity contribution in [2.45, 2.75) is 25.7 Å². The van der Waals surface area contributed by atoms with Crippen molar-refractivity contribution in [2.24, 2.45) is 0 Å². The Labute approximate surface area is 171 Å². The summed E-state index contributed by atoms with van der Waals surface area (Å²) >= 11 is 6.22. The fraction of sp³-hybridized carbons (Fsp3) is 0.286.